The largest absolute Gasteiger partial charge is 0.352 e. The molecule has 38 heavy (non-hydrogen) atoms. The summed E-state index contributed by atoms with van der Waals surface area (Å²) in [4.78, 5) is 24.1. The van der Waals surface area contributed by atoms with Gasteiger partial charge in [0.25, 0.3) is 0 Å². The highest BCUT2D eigenvalue weighted by Crippen LogP contribution is 2.41. The van der Waals surface area contributed by atoms with Crippen LogP contribution in [0.2, 0.25) is 0 Å². The van der Waals surface area contributed by atoms with Crippen molar-refractivity contribution in [1.82, 2.24) is 24.8 Å². The maximum atomic E-state index is 13.2. The monoisotopic (exact) mass is 528 g/mol. The second-order valence-electron chi connectivity index (χ2n) is 9.48. The van der Waals surface area contributed by atoms with Crippen molar-refractivity contribution < 1.29 is 9.18 Å². The van der Waals surface area contributed by atoms with Crippen LogP contribution in [-0.2, 0) is 4.79 Å². The van der Waals surface area contributed by atoms with Crippen molar-refractivity contribution in [3.63, 3.8) is 0 Å². The summed E-state index contributed by atoms with van der Waals surface area (Å²) in [6.45, 7) is 6.61. The molecule has 1 saturated heterocycles. The first-order valence-electron chi connectivity index (χ1n) is 12.5. The van der Waals surface area contributed by atoms with Crippen LogP contribution in [0.1, 0.15) is 46.7 Å². The molecule has 0 bridgehead atoms. The van der Waals surface area contributed by atoms with Gasteiger partial charge in [-0.2, -0.15) is 0 Å². The average Bonchev–Trinajstić information content (AvgIpc) is 3.39. The zero-order valence-electron chi connectivity index (χ0n) is 21.5. The molecular weight excluding hydrogens is 499 g/mol. The number of aryl methyl sites for hydroxylation is 2. The minimum atomic E-state index is -0.349. The number of pyridine rings is 2. The topological polar surface area (TPSA) is 75.1 Å². The van der Waals surface area contributed by atoms with Gasteiger partial charge in [-0.1, -0.05) is 6.07 Å². The van der Waals surface area contributed by atoms with Crippen molar-refractivity contribution in [3.8, 4) is 5.82 Å². The maximum absolute atomic E-state index is 13.2. The second-order valence-corrected chi connectivity index (χ2v) is 9.87. The van der Waals surface area contributed by atoms with Crippen LogP contribution in [0.25, 0.3) is 5.82 Å². The fraction of sp³-hybridized carbons (Fsp3) is 0.241. The number of hydrogen-bond donors (Lipinski definition) is 2. The number of nitrogens with one attached hydrogen (secondary N) is 2. The van der Waals surface area contributed by atoms with E-state index < -0.39 is 0 Å². The fourth-order valence-electron chi connectivity index (χ4n) is 5.05. The Morgan fingerprint density at radius 2 is 1.84 bits per heavy atom. The second kappa shape index (κ2) is 10.7. The number of halogens is 1. The molecule has 1 aliphatic heterocycles. The number of rotatable bonds is 7. The van der Waals surface area contributed by atoms with E-state index in [1.807, 2.05) is 30.5 Å². The number of amides is 1. The number of aromatic nitrogens is 3. The first-order chi connectivity index (χ1) is 18.3. The standard InChI is InChI=1S/C29H29FN6OS/c1-18-11-14-32-25(16-18)36-19(2)17-23(20(36)3)28-27(24-6-4-5-13-31-24)34-29(38)35(28)15-12-26(37)33-22-9-7-21(30)8-10-22/h4-11,13-14,16-17,27-28H,12,15H2,1-3H3,(H,33,37)(H,34,38)/t27-,28-/m1/s1. The predicted octanol–water partition coefficient (Wildman–Crippen LogP) is 5.33. The third-order valence-electron chi connectivity index (χ3n) is 6.82. The van der Waals surface area contributed by atoms with Gasteiger partial charge < -0.3 is 20.1 Å². The summed E-state index contributed by atoms with van der Waals surface area (Å²) >= 11 is 5.78. The highest BCUT2D eigenvalue weighted by atomic mass is 32.1. The summed E-state index contributed by atoms with van der Waals surface area (Å²) in [7, 11) is 0. The van der Waals surface area contributed by atoms with E-state index in [-0.39, 0.29) is 30.2 Å². The van der Waals surface area contributed by atoms with Crippen LogP contribution in [0, 0.1) is 26.6 Å². The molecule has 194 valence electrons. The van der Waals surface area contributed by atoms with Gasteiger partial charge in [-0.25, -0.2) is 9.37 Å². The Hall–Kier alpha value is -4.11. The molecule has 0 aliphatic carbocycles. The van der Waals surface area contributed by atoms with Crippen molar-refractivity contribution in [2.45, 2.75) is 39.3 Å². The Labute approximate surface area is 226 Å². The average molecular weight is 529 g/mol. The smallest absolute Gasteiger partial charge is 0.226 e. The molecule has 4 heterocycles. The molecule has 3 aromatic heterocycles. The summed E-state index contributed by atoms with van der Waals surface area (Å²) in [5, 5.41) is 6.85. The lowest BCUT2D eigenvalue weighted by atomic mass is 9.96. The molecule has 4 aromatic rings. The van der Waals surface area contributed by atoms with Gasteiger partial charge in [0, 0.05) is 42.4 Å². The Morgan fingerprint density at radius 3 is 2.55 bits per heavy atom. The van der Waals surface area contributed by atoms with Crippen LogP contribution >= 0.6 is 12.2 Å². The molecule has 1 aliphatic rings. The van der Waals surface area contributed by atoms with Crippen LogP contribution in [-0.4, -0.2) is 37.0 Å². The quantitative estimate of drug-likeness (QED) is 0.316. The van der Waals surface area contributed by atoms with Crippen molar-refractivity contribution in [1.29, 1.82) is 0 Å². The van der Waals surface area contributed by atoms with Gasteiger partial charge in [0.05, 0.1) is 17.8 Å². The van der Waals surface area contributed by atoms with Crippen LogP contribution in [0.5, 0.6) is 0 Å². The minimum absolute atomic E-state index is 0.172. The molecule has 9 heteroatoms. The first kappa shape index (κ1) is 25.5. The third-order valence-corrected chi connectivity index (χ3v) is 7.18. The predicted molar refractivity (Wildman–Crippen MR) is 150 cm³/mol. The number of hydrogen-bond acceptors (Lipinski definition) is 4. The Bertz CT molecular complexity index is 1470. The Kier molecular flexibility index (Phi) is 7.20. The van der Waals surface area contributed by atoms with Crippen molar-refractivity contribution >= 4 is 28.9 Å². The molecule has 0 radical (unpaired) electrons. The van der Waals surface area contributed by atoms with Gasteiger partial charge in [0.15, 0.2) is 5.11 Å². The molecule has 1 fully saturated rings. The lowest BCUT2D eigenvalue weighted by Crippen LogP contribution is -2.32. The van der Waals surface area contributed by atoms with Gasteiger partial charge in [-0.05, 0) is 98.7 Å². The van der Waals surface area contributed by atoms with E-state index >= 15 is 0 Å². The molecule has 2 N–H and O–H groups in total. The van der Waals surface area contributed by atoms with E-state index in [2.05, 4.69) is 63.0 Å². The summed E-state index contributed by atoms with van der Waals surface area (Å²) in [5.74, 6) is 0.339. The maximum Gasteiger partial charge on any atom is 0.226 e. The number of nitrogens with zero attached hydrogens (tertiary/aromatic N) is 4. The van der Waals surface area contributed by atoms with Gasteiger partial charge >= 0.3 is 0 Å². The molecule has 0 saturated carbocycles. The highest BCUT2D eigenvalue weighted by Gasteiger charge is 2.41. The van der Waals surface area contributed by atoms with E-state index in [4.69, 9.17) is 12.2 Å². The van der Waals surface area contributed by atoms with Gasteiger partial charge in [-0.3, -0.25) is 9.78 Å². The number of thiocarbonyl (C=S) groups is 1. The number of benzene rings is 1. The van der Waals surface area contributed by atoms with Gasteiger partial charge in [0.2, 0.25) is 5.91 Å². The van der Waals surface area contributed by atoms with Crippen LogP contribution in [0.4, 0.5) is 10.1 Å². The molecular formula is C29H29FN6OS. The summed E-state index contributed by atoms with van der Waals surface area (Å²) < 4.78 is 15.4. The van der Waals surface area contributed by atoms with E-state index in [0.717, 1.165) is 34.0 Å². The summed E-state index contributed by atoms with van der Waals surface area (Å²) in [5.41, 5.74) is 5.76. The van der Waals surface area contributed by atoms with Crippen molar-refractivity contribution in [2.75, 3.05) is 11.9 Å². The van der Waals surface area contributed by atoms with E-state index in [9.17, 15) is 9.18 Å². The van der Waals surface area contributed by atoms with Crippen molar-refractivity contribution in [2.24, 2.45) is 0 Å². The van der Waals surface area contributed by atoms with E-state index in [1.165, 1.54) is 12.1 Å². The molecule has 7 nitrogen and oxygen atoms in total. The van der Waals surface area contributed by atoms with Crippen LogP contribution in [0.15, 0.2) is 73.1 Å². The fourth-order valence-corrected chi connectivity index (χ4v) is 5.38. The van der Waals surface area contributed by atoms with Crippen LogP contribution in [0.3, 0.4) is 0 Å². The molecule has 2 atom stereocenters. The molecule has 0 unspecified atom stereocenters. The van der Waals surface area contributed by atoms with Crippen LogP contribution < -0.4 is 10.6 Å². The Balaban J connectivity index is 1.46. The van der Waals surface area contributed by atoms with Gasteiger partial charge in [0.1, 0.15) is 11.6 Å². The zero-order chi connectivity index (χ0) is 26.8. The van der Waals surface area contributed by atoms with Gasteiger partial charge in [-0.15, -0.1) is 0 Å². The lowest BCUT2D eigenvalue weighted by Gasteiger charge is -2.28. The first-order valence-corrected chi connectivity index (χ1v) is 12.9. The Morgan fingerprint density at radius 1 is 1.05 bits per heavy atom. The third kappa shape index (κ3) is 5.15. The minimum Gasteiger partial charge on any atom is -0.352 e. The lowest BCUT2D eigenvalue weighted by molar-refractivity contribution is -0.116. The zero-order valence-corrected chi connectivity index (χ0v) is 22.3. The number of carbonyl (C=O) groups excluding carboxylic acids is 1. The van der Waals surface area contributed by atoms with E-state index in [1.54, 1.807) is 18.3 Å². The molecule has 0 spiro atoms. The van der Waals surface area contributed by atoms with E-state index in [0.29, 0.717) is 17.3 Å². The molecule has 5 rings (SSSR count). The normalized spacial score (nSPS) is 16.9. The number of carbonyl (C=O) groups is 1. The molecule has 1 aromatic carbocycles. The number of anilines is 1. The molecule has 1 amide bonds. The summed E-state index contributed by atoms with van der Waals surface area (Å²) in [6.07, 6.45) is 3.80. The van der Waals surface area contributed by atoms with Crippen molar-refractivity contribution in [3.05, 3.63) is 107 Å². The summed E-state index contributed by atoms with van der Waals surface area (Å²) in [6, 6.07) is 17.4. The highest BCUT2D eigenvalue weighted by molar-refractivity contribution is 7.80. The SMILES string of the molecule is Cc1ccnc(-n2c(C)cc([C@@H]3[C@@H](c4ccccn4)NC(=S)N3CCC(=O)Nc3ccc(F)cc3)c2C)c1.